The molecule has 2 atom stereocenters. The highest BCUT2D eigenvalue weighted by Gasteiger charge is 2.45. The minimum Gasteiger partial charge on any atom is -0.335 e. The summed E-state index contributed by atoms with van der Waals surface area (Å²) in [6.45, 7) is 9.44. The van der Waals surface area contributed by atoms with E-state index in [1.807, 2.05) is 0 Å². The molecule has 3 heteroatoms. The Hall–Kier alpha value is -8.14. The van der Waals surface area contributed by atoms with E-state index in [2.05, 4.69) is 274 Å². The standard InChI is InChI=1S/C67H53BN2/c1-44-36-37-61-58(38-44)68-57-33-19-21-35-60(57)69(52-27-12-7-13-28-52)62-42-48(43-63(66(62)68)70(61)59-34-20-14-22-45(59)2)47-39-49(41-51(40-47)67(3,4)50-25-10-6-11-26-50)65-55-31-17-15-29-53(55)64(46-23-8-5-9-24-46)54-30-16-18-32-56(54)65/h5-43,45,59H,1-4H3. The van der Waals surface area contributed by atoms with Crippen molar-refractivity contribution in [3.63, 3.8) is 0 Å². The number of aryl methyl sites for hydroxylation is 1. The van der Waals surface area contributed by atoms with Crippen molar-refractivity contribution in [2.75, 3.05) is 9.80 Å². The van der Waals surface area contributed by atoms with Crippen molar-refractivity contribution in [2.24, 2.45) is 5.92 Å². The van der Waals surface area contributed by atoms with Crippen molar-refractivity contribution in [1.82, 2.24) is 0 Å². The van der Waals surface area contributed by atoms with Gasteiger partial charge in [-0.15, -0.1) is 0 Å². The van der Waals surface area contributed by atoms with Crippen molar-refractivity contribution in [3.8, 4) is 33.4 Å². The lowest BCUT2D eigenvalue weighted by Crippen LogP contribution is -2.63. The highest BCUT2D eigenvalue weighted by molar-refractivity contribution is 7.00. The van der Waals surface area contributed by atoms with Crippen LogP contribution >= 0.6 is 0 Å². The minimum absolute atomic E-state index is 0.0551. The highest BCUT2D eigenvalue weighted by Crippen LogP contribution is 2.49. The largest absolute Gasteiger partial charge is 0.335 e. The third-order valence-corrected chi connectivity index (χ3v) is 15.6. The number of allylic oxidation sites excluding steroid dienone is 2. The van der Waals surface area contributed by atoms with Crippen molar-refractivity contribution in [3.05, 3.63) is 253 Å². The normalized spacial score (nSPS) is 15.8. The number of hydrogen-bond acceptors (Lipinski definition) is 2. The van der Waals surface area contributed by atoms with E-state index in [4.69, 9.17) is 0 Å². The molecular weight excluding hydrogens is 844 g/mol. The molecule has 0 saturated carbocycles. The van der Waals surface area contributed by atoms with Gasteiger partial charge in [-0.3, -0.25) is 0 Å². The maximum absolute atomic E-state index is 2.68. The second kappa shape index (κ2) is 16.5. The first-order valence-corrected chi connectivity index (χ1v) is 24.9. The molecule has 0 spiro atoms. The molecule has 334 valence electrons. The number of anilines is 5. The van der Waals surface area contributed by atoms with Crippen LogP contribution in [-0.2, 0) is 5.41 Å². The van der Waals surface area contributed by atoms with Gasteiger partial charge in [0.2, 0.25) is 0 Å². The number of hydrogen-bond donors (Lipinski definition) is 0. The first-order valence-electron chi connectivity index (χ1n) is 24.9. The van der Waals surface area contributed by atoms with Gasteiger partial charge in [-0.25, -0.2) is 0 Å². The molecule has 0 radical (unpaired) electrons. The Kier molecular flexibility index (Phi) is 9.92. The molecule has 2 heterocycles. The zero-order valence-corrected chi connectivity index (χ0v) is 40.1. The van der Waals surface area contributed by atoms with E-state index < -0.39 is 0 Å². The van der Waals surface area contributed by atoms with Crippen LogP contribution in [0.2, 0.25) is 0 Å². The van der Waals surface area contributed by atoms with Crippen molar-refractivity contribution in [1.29, 1.82) is 0 Å². The summed E-state index contributed by atoms with van der Waals surface area (Å²) in [5.74, 6) is 0.290. The van der Waals surface area contributed by atoms with E-state index in [1.165, 1.54) is 111 Å². The van der Waals surface area contributed by atoms with E-state index in [0.717, 1.165) is 5.69 Å². The fourth-order valence-corrected chi connectivity index (χ4v) is 12.1. The minimum atomic E-state index is -0.318. The third kappa shape index (κ3) is 6.63. The molecule has 2 nitrogen and oxygen atoms in total. The Morgan fingerprint density at radius 3 is 1.67 bits per heavy atom. The van der Waals surface area contributed by atoms with Gasteiger partial charge in [0.25, 0.3) is 6.71 Å². The lowest BCUT2D eigenvalue weighted by atomic mass is 9.33. The summed E-state index contributed by atoms with van der Waals surface area (Å²) >= 11 is 0. The molecular formula is C67H53BN2. The SMILES string of the molecule is Cc1ccc2c(c1)B1c3ccccc3N(c3ccccc3)c3cc(-c4cc(-c5c6ccccc6c(-c6ccccc6)c6ccccc56)cc(C(C)(C)c5ccccc5)c4)cc(c31)N2C1C=CC=CC1C. The van der Waals surface area contributed by atoms with Crippen LogP contribution in [0.1, 0.15) is 37.5 Å². The van der Waals surface area contributed by atoms with Gasteiger partial charge in [0.15, 0.2) is 0 Å². The Morgan fingerprint density at radius 2 is 0.986 bits per heavy atom. The van der Waals surface area contributed by atoms with E-state index in [0.29, 0.717) is 0 Å². The molecule has 2 aliphatic heterocycles. The molecule has 70 heavy (non-hydrogen) atoms. The molecule has 0 N–H and O–H groups in total. The van der Waals surface area contributed by atoms with Gasteiger partial charge in [0.1, 0.15) is 0 Å². The smallest absolute Gasteiger partial charge is 0.252 e. The van der Waals surface area contributed by atoms with Crippen LogP contribution in [0, 0.1) is 12.8 Å². The van der Waals surface area contributed by atoms with Crippen LogP contribution in [0.25, 0.3) is 54.9 Å². The lowest BCUT2D eigenvalue weighted by molar-refractivity contribution is 0.610. The molecule has 1 aliphatic carbocycles. The lowest BCUT2D eigenvalue weighted by Gasteiger charge is -2.47. The third-order valence-electron chi connectivity index (χ3n) is 15.6. The molecule has 3 aliphatic rings. The Morgan fingerprint density at radius 1 is 0.429 bits per heavy atom. The van der Waals surface area contributed by atoms with Gasteiger partial charge in [-0.2, -0.15) is 0 Å². The summed E-state index contributed by atoms with van der Waals surface area (Å²) in [5.41, 5.74) is 21.1. The van der Waals surface area contributed by atoms with Gasteiger partial charge >= 0.3 is 0 Å². The molecule has 0 bridgehead atoms. The molecule has 13 rings (SSSR count). The fraction of sp³-hybridized carbons (Fsp3) is 0.104. The zero-order chi connectivity index (χ0) is 47.1. The summed E-state index contributed by atoms with van der Waals surface area (Å²) in [7, 11) is 0. The number of rotatable bonds is 7. The van der Waals surface area contributed by atoms with Crippen LogP contribution in [0.3, 0.4) is 0 Å². The van der Waals surface area contributed by atoms with Gasteiger partial charge < -0.3 is 9.80 Å². The summed E-state index contributed by atoms with van der Waals surface area (Å²) in [5, 5.41) is 5.01. The zero-order valence-electron chi connectivity index (χ0n) is 40.1. The van der Waals surface area contributed by atoms with Crippen molar-refractivity contribution >= 4 is 73.1 Å². The van der Waals surface area contributed by atoms with Crippen molar-refractivity contribution < 1.29 is 0 Å². The van der Waals surface area contributed by atoms with Crippen LogP contribution < -0.4 is 26.2 Å². The quantitative estimate of drug-likeness (QED) is 0.116. The molecule has 0 amide bonds. The number of para-hydroxylation sites is 2. The van der Waals surface area contributed by atoms with Crippen LogP contribution in [0.15, 0.2) is 237 Å². The maximum Gasteiger partial charge on any atom is 0.252 e. The van der Waals surface area contributed by atoms with E-state index in [-0.39, 0.29) is 24.1 Å². The van der Waals surface area contributed by atoms with Gasteiger partial charge in [-0.05, 0) is 138 Å². The number of fused-ring (bicyclic) bond motifs is 6. The number of benzene rings is 10. The van der Waals surface area contributed by atoms with E-state index >= 15 is 0 Å². The average molecular weight is 897 g/mol. The Bertz CT molecular complexity index is 3680. The predicted octanol–water partition coefficient (Wildman–Crippen LogP) is 15.5. The molecule has 10 aromatic carbocycles. The van der Waals surface area contributed by atoms with Gasteiger partial charge in [0, 0.05) is 33.9 Å². The van der Waals surface area contributed by atoms with E-state index in [9.17, 15) is 0 Å². The predicted molar refractivity (Wildman–Crippen MR) is 300 cm³/mol. The second-order valence-corrected chi connectivity index (χ2v) is 20.1. The summed E-state index contributed by atoms with van der Waals surface area (Å²) in [4.78, 5) is 5.21. The monoisotopic (exact) mass is 896 g/mol. The summed E-state index contributed by atoms with van der Waals surface area (Å²) in [6.07, 6.45) is 9.23. The molecule has 10 aromatic rings. The maximum atomic E-state index is 2.68. The van der Waals surface area contributed by atoms with Crippen LogP contribution in [0.5, 0.6) is 0 Å². The first kappa shape index (κ1) is 42.0. The average Bonchev–Trinajstić information content (AvgIpc) is 3.41. The molecule has 0 saturated heterocycles. The van der Waals surface area contributed by atoms with E-state index in [1.54, 1.807) is 0 Å². The highest BCUT2D eigenvalue weighted by atomic mass is 15.2. The van der Waals surface area contributed by atoms with Crippen LogP contribution in [-0.4, -0.2) is 12.8 Å². The molecule has 0 fully saturated rings. The second-order valence-electron chi connectivity index (χ2n) is 20.1. The first-order chi connectivity index (χ1) is 34.3. The van der Waals surface area contributed by atoms with Crippen molar-refractivity contribution in [2.45, 2.75) is 39.2 Å². The fourth-order valence-electron chi connectivity index (χ4n) is 12.1. The number of nitrogens with zero attached hydrogens (tertiary/aromatic N) is 2. The Labute approximate surface area is 412 Å². The summed E-state index contributed by atoms with van der Waals surface area (Å²) in [6, 6.07) is 80.0. The summed E-state index contributed by atoms with van der Waals surface area (Å²) < 4.78 is 0. The Balaban J connectivity index is 1.14. The van der Waals surface area contributed by atoms with Gasteiger partial charge in [-0.1, -0.05) is 220 Å². The topological polar surface area (TPSA) is 6.48 Å². The van der Waals surface area contributed by atoms with Gasteiger partial charge in [0.05, 0.1) is 6.04 Å². The van der Waals surface area contributed by atoms with Crippen LogP contribution in [0.4, 0.5) is 28.4 Å². The molecule has 2 unspecified atom stereocenters. The molecule has 0 aromatic heterocycles.